The number of carbonyl (C=O) groups excluding carboxylic acids is 2. The van der Waals surface area contributed by atoms with Gasteiger partial charge in [0.15, 0.2) is 0 Å². The molecule has 18 heavy (non-hydrogen) atoms. The highest BCUT2D eigenvalue weighted by Gasteiger charge is 2.50. The fourth-order valence-corrected chi connectivity index (χ4v) is 2.86. The van der Waals surface area contributed by atoms with Crippen LogP contribution >= 0.6 is 0 Å². The molecule has 1 unspecified atom stereocenters. The molecule has 2 fully saturated rings. The minimum Gasteiger partial charge on any atom is -0.444 e. The molecule has 0 aromatic heterocycles. The van der Waals surface area contributed by atoms with Crippen molar-refractivity contribution >= 4 is 11.9 Å². The molecular weight excluding hydrogens is 234 g/mol. The highest BCUT2D eigenvalue weighted by atomic mass is 16.6. The van der Waals surface area contributed by atoms with Crippen LogP contribution in [0.15, 0.2) is 0 Å². The zero-order chi connectivity index (χ0) is 13.6. The van der Waals surface area contributed by atoms with Gasteiger partial charge in [-0.1, -0.05) is 0 Å². The van der Waals surface area contributed by atoms with Crippen molar-refractivity contribution < 1.29 is 19.4 Å². The molecule has 0 aromatic rings. The lowest BCUT2D eigenvalue weighted by atomic mass is 9.67. The third-order valence-corrected chi connectivity index (χ3v) is 3.41. The van der Waals surface area contributed by atoms with E-state index in [2.05, 4.69) is 0 Å². The zero-order valence-corrected chi connectivity index (χ0v) is 11.2. The van der Waals surface area contributed by atoms with Gasteiger partial charge < -0.3 is 14.7 Å². The summed E-state index contributed by atoms with van der Waals surface area (Å²) < 4.78 is 5.27. The SMILES string of the molecule is CC(C)(C)OC(=O)N1CC2(CC(=O)CC(O)C2)C1. The third-order valence-electron chi connectivity index (χ3n) is 3.41. The van der Waals surface area contributed by atoms with Crippen LogP contribution in [0.4, 0.5) is 4.79 Å². The van der Waals surface area contributed by atoms with E-state index in [1.165, 1.54) is 0 Å². The summed E-state index contributed by atoms with van der Waals surface area (Å²) in [5, 5.41) is 9.64. The molecule has 102 valence electrons. The van der Waals surface area contributed by atoms with E-state index >= 15 is 0 Å². The number of aliphatic hydroxyl groups excluding tert-OH is 1. The quantitative estimate of drug-likeness (QED) is 0.709. The molecule has 1 saturated carbocycles. The predicted molar refractivity (Wildman–Crippen MR) is 65.1 cm³/mol. The summed E-state index contributed by atoms with van der Waals surface area (Å²) in [4.78, 5) is 24.9. The third kappa shape index (κ3) is 2.83. The first-order chi connectivity index (χ1) is 8.19. The second kappa shape index (κ2) is 4.23. The molecule has 1 saturated heterocycles. The Morgan fingerprint density at radius 3 is 2.56 bits per heavy atom. The topological polar surface area (TPSA) is 66.8 Å². The van der Waals surface area contributed by atoms with E-state index in [-0.39, 0.29) is 23.7 Å². The zero-order valence-electron chi connectivity index (χ0n) is 11.2. The number of hydrogen-bond acceptors (Lipinski definition) is 4. The van der Waals surface area contributed by atoms with Crippen molar-refractivity contribution in [2.24, 2.45) is 5.41 Å². The summed E-state index contributed by atoms with van der Waals surface area (Å²) in [6.07, 6.45) is 0.461. The molecule has 1 atom stereocenters. The van der Waals surface area contributed by atoms with Crippen LogP contribution in [0.3, 0.4) is 0 Å². The van der Waals surface area contributed by atoms with E-state index in [1.807, 2.05) is 20.8 Å². The first-order valence-electron chi connectivity index (χ1n) is 6.37. The first kappa shape index (κ1) is 13.3. The highest BCUT2D eigenvalue weighted by molar-refractivity contribution is 5.81. The van der Waals surface area contributed by atoms with E-state index in [4.69, 9.17) is 4.74 Å². The molecule has 1 heterocycles. The maximum atomic E-state index is 11.8. The number of nitrogens with zero attached hydrogens (tertiary/aromatic N) is 1. The van der Waals surface area contributed by atoms with Gasteiger partial charge in [0.25, 0.3) is 0 Å². The number of amides is 1. The maximum absolute atomic E-state index is 11.8. The summed E-state index contributed by atoms with van der Waals surface area (Å²) in [6, 6.07) is 0. The highest BCUT2D eigenvalue weighted by Crippen LogP contribution is 2.43. The molecular formula is C13H21NO4. The Morgan fingerprint density at radius 2 is 2.06 bits per heavy atom. The van der Waals surface area contributed by atoms with Crippen LogP contribution in [0.5, 0.6) is 0 Å². The van der Waals surface area contributed by atoms with Crippen LogP contribution in [0.25, 0.3) is 0 Å². The minimum absolute atomic E-state index is 0.0950. The molecule has 2 rings (SSSR count). The first-order valence-corrected chi connectivity index (χ1v) is 6.37. The summed E-state index contributed by atoms with van der Waals surface area (Å²) >= 11 is 0. The number of aliphatic hydroxyl groups is 1. The monoisotopic (exact) mass is 255 g/mol. The van der Waals surface area contributed by atoms with Crippen LogP contribution < -0.4 is 0 Å². The molecule has 5 heteroatoms. The summed E-state index contributed by atoms with van der Waals surface area (Å²) in [5.41, 5.74) is -0.701. The maximum Gasteiger partial charge on any atom is 0.410 e. The molecule has 0 bridgehead atoms. The number of rotatable bonds is 0. The molecule has 1 aliphatic carbocycles. The Hall–Kier alpha value is -1.10. The molecule has 1 N–H and O–H groups in total. The lowest BCUT2D eigenvalue weighted by Gasteiger charge is -2.52. The number of ether oxygens (including phenoxy) is 1. The molecule has 0 radical (unpaired) electrons. The molecule has 0 aromatic carbocycles. The van der Waals surface area contributed by atoms with E-state index in [0.717, 1.165) is 0 Å². The molecule has 2 aliphatic rings. The molecule has 5 nitrogen and oxygen atoms in total. The van der Waals surface area contributed by atoms with Crippen LogP contribution in [-0.2, 0) is 9.53 Å². The summed E-state index contributed by atoms with van der Waals surface area (Å²) in [5.74, 6) is 0.0950. The van der Waals surface area contributed by atoms with Crippen molar-refractivity contribution in [1.29, 1.82) is 0 Å². The Kier molecular flexibility index (Phi) is 3.13. The van der Waals surface area contributed by atoms with Gasteiger partial charge >= 0.3 is 6.09 Å². The lowest BCUT2D eigenvalue weighted by molar-refractivity contribution is -0.136. The second-order valence-electron chi connectivity index (χ2n) is 6.61. The number of ketones is 1. The van der Waals surface area contributed by atoms with Crippen molar-refractivity contribution in [2.45, 2.75) is 51.7 Å². The average Bonchev–Trinajstić information content (AvgIpc) is 2.08. The van der Waals surface area contributed by atoms with Gasteiger partial charge in [0, 0.05) is 31.3 Å². The fourth-order valence-electron chi connectivity index (χ4n) is 2.86. The Labute approximate surface area is 107 Å². The summed E-state index contributed by atoms with van der Waals surface area (Å²) in [6.45, 7) is 6.52. The van der Waals surface area contributed by atoms with Crippen molar-refractivity contribution in [2.75, 3.05) is 13.1 Å². The normalized spacial score (nSPS) is 27.0. The Morgan fingerprint density at radius 1 is 1.44 bits per heavy atom. The fraction of sp³-hybridized carbons (Fsp3) is 0.846. The Bertz CT molecular complexity index is 366. The summed E-state index contributed by atoms with van der Waals surface area (Å²) in [7, 11) is 0. The molecule has 1 aliphatic heterocycles. The average molecular weight is 255 g/mol. The predicted octanol–water partition coefficient (Wildman–Crippen LogP) is 1.34. The minimum atomic E-state index is -0.549. The van der Waals surface area contributed by atoms with Crippen molar-refractivity contribution in [3.8, 4) is 0 Å². The van der Waals surface area contributed by atoms with Crippen molar-refractivity contribution in [3.63, 3.8) is 0 Å². The van der Waals surface area contributed by atoms with Gasteiger partial charge in [-0.15, -0.1) is 0 Å². The van der Waals surface area contributed by atoms with Gasteiger partial charge in [0.1, 0.15) is 11.4 Å². The standard InChI is InChI=1S/C13H21NO4/c1-12(2,3)18-11(17)14-7-13(8-14)5-9(15)4-10(16)6-13/h9,15H,4-8H2,1-3H3. The largest absolute Gasteiger partial charge is 0.444 e. The number of likely N-dealkylation sites (tertiary alicyclic amines) is 1. The van der Waals surface area contributed by atoms with E-state index in [1.54, 1.807) is 4.90 Å². The van der Waals surface area contributed by atoms with Gasteiger partial charge in [0.2, 0.25) is 0 Å². The van der Waals surface area contributed by atoms with Crippen molar-refractivity contribution in [3.05, 3.63) is 0 Å². The van der Waals surface area contributed by atoms with E-state index in [9.17, 15) is 14.7 Å². The number of Topliss-reactive ketones (excluding diaryl/α,β-unsaturated/α-hetero) is 1. The number of hydrogen-bond donors (Lipinski definition) is 1. The lowest BCUT2D eigenvalue weighted by Crippen LogP contribution is -2.62. The van der Waals surface area contributed by atoms with E-state index in [0.29, 0.717) is 25.9 Å². The van der Waals surface area contributed by atoms with Gasteiger partial charge in [-0.3, -0.25) is 4.79 Å². The van der Waals surface area contributed by atoms with Gasteiger partial charge in [-0.25, -0.2) is 4.79 Å². The second-order valence-corrected chi connectivity index (χ2v) is 6.61. The van der Waals surface area contributed by atoms with Crippen LogP contribution in [0.2, 0.25) is 0 Å². The molecule has 1 amide bonds. The van der Waals surface area contributed by atoms with Crippen molar-refractivity contribution in [1.82, 2.24) is 4.90 Å². The Balaban J connectivity index is 1.89. The van der Waals surface area contributed by atoms with E-state index < -0.39 is 11.7 Å². The van der Waals surface area contributed by atoms with Crippen LogP contribution in [0.1, 0.15) is 40.0 Å². The van der Waals surface area contributed by atoms with Gasteiger partial charge in [-0.2, -0.15) is 0 Å². The van der Waals surface area contributed by atoms with Crippen LogP contribution in [0, 0.1) is 5.41 Å². The van der Waals surface area contributed by atoms with Gasteiger partial charge in [0.05, 0.1) is 6.10 Å². The van der Waals surface area contributed by atoms with Crippen LogP contribution in [-0.4, -0.2) is 46.7 Å². The van der Waals surface area contributed by atoms with Gasteiger partial charge in [-0.05, 0) is 27.2 Å². The molecule has 1 spiro atoms. The smallest absolute Gasteiger partial charge is 0.410 e. The number of carbonyl (C=O) groups is 2.